The molecule has 0 bridgehead atoms. The molecule has 0 atom stereocenters. The van der Waals surface area contributed by atoms with Crippen LogP contribution < -0.4 is 15.5 Å². The maximum absolute atomic E-state index is 12.2. The summed E-state index contributed by atoms with van der Waals surface area (Å²) in [7, 11) is 0. The first kappa shape index (κ1) is 17.2. The van der Waals surface area contributed by atoms with Crippen molar-refractivity contribution in [1.82, 2.24) is 20.3 Å². The summed E-state index contributed by atoms with van der Waals surface area (Å²) in [5.41, 5.74) is 2.43. The quantitative estimate of drug-likeness (QED) is 0.839. The lowest BCUT2D eigenvalue weighted by molar-refractivity contribution is 0.0940. The third-order valence-electron chi connectivity index (χ3n) is 4.77. The number of amides is 1. The highest BCUT2D eigenvalue weighted by Gasteiger charge is 2.24. The van der Waals surface area contributed by atoms with Crippen LogP contribution in [0.15, 0.2) is 5.38 Å². The molecule has 138 valence electrons. The molecule has 0 radical (unpaired) electrons. The van der Waals surface area contributed by atoms with Crippen LogP contribution in [0.4, 0.5) is 10.9 Å². The van der Waals surface area contributed by atoms with Crippen molar-refractivity contribution in [3.8, 4) is 0 Å². The summed E-state index contributed by atoms with van der Waals surface area (Å²) in [6, 6.07) is 0. The van der Waals surface area contributed by atoms with Gasteiger partial charge in [-0.05, 0) is 19.3 Å². The monoisotopic (exact) mass is 372 g/mol. The average molecular weight is 372 g/mol. The van der Waals surface area contributed by atoms with Crippen molar-refractivity contribution < 1.29 is 4.79 Å². The van der Waals surface area contributed by atoms with E-state index in [1.807, 2.05) is 13.8 Å². The van der Waals surface area contributed by atoms with E-state index in [0.29, 0.717) is 24.6 Å². The van der Waals surface area contributed by atoms with E-state index in [9.17, 15) is 4.79 Å². The van der Waals surface area contributed by atoms with E-state index in [-0.39, 0.29) is 11.8 Å². The van der Waals surface area contributed by atoms with Crippen LogP contribution in [0, 0.1) is 0 Å². The first-order valence-corrected chi connectivity index (χ1v) is 10.1. The van der Waals surface area contributed by atoms with E-state index >= 15 is 0 Å². The highest BCUT2D eigenvalue weighted by atomic mass is 32.1. The van der Waals surface area contributed by atoms with Crippen molar-refractivity contribution in [2.24, 2.45) is 0 Å². The zero-order chi connectivity index (χ0) is 18.1. The van der Waals surface area contributed by atoms with E-state index in [1.165, 1.54) is 12.8 Å². The molecule has 1 fully saturated rings. The van der Waals surface area contributed by atoms with Gasteiger partial charge in [0.15, 0.2) is 5.13 Å². The zero-order valence-electron chi connectivity index (χ0n) is 15.2. The molecular weight excluding hydrogens is 348 g/mol. The zero-order valence-corrected chi connectivity index (χ0v) is 16.0. The molecule has 2 aromatic heterocycles. The SMILES string of the molecule is CC(C)c1nc(NCc2csc(N3CCCC3)n2)c2c(n1)C(=O)NCC2. The average Bonchev–Trinajstić information content (AvgIpc) is 3.31. The highest BCUT2D eigenvalue weighted by Crippen LogP contribution is 2.26. The fraction of sp³-hybridized carbons (Fsp3) is 0.556. The molecule has 2 aromatic rings. The Kier molecular flexibility index (Phi) is 4.76. The summed E-state index contributed by atoms with van der Waals surface area (Å²) in [5, 5.41) is 9.47. The summed E-state index contributed by atoms with van der Waals surface area (Å²) in [6.07, 6.45) is 3.25. The van der Waals surface area contributed by atoms with Crippen LogP contribution in [0.25, 0.3) is 0 Å². The summed E-state index contributed by atoms with van der Waals surface area (Å²) in [5.74, 6) is 1.52. The van der Waals surface area contributed by atoms with Gasteiger partial charge in [0.2, 0.25) is 0 Å². The molecular formula is C18H24N6OS. The van der Waals surface area contributed by atoms with Crippen LogP contribution in [0.5, 0.6) is 0 Å². The van der Waals surface area contributed by atoms with Crippen molar-refractivity contribution in [3.63, 3.8) is 0 Å². The predicted octanol–water partition coefficient (Wildman–Crippen LogP) is 2.55. The Morgan fingerprint density at radius 1 is 1.27 bits per heavy atom. The molecule has 4 rings (SSSR count). The molecule has 1 amide bonds. The molecule has 2 aliphatic heterocycles. The standard InChI is InChI=1S/C18H24N6OS/c1-11(2)15-22-14-13(5-6-19-17(14)25)16(23-15)20-9-12-10-26-18(21-12)24-7-3-4-8-24/h10-11H,3-9H2,1-2H3,(H,19,25)(H,20,22,23). The van der Waals surface area contributed by atoms with Crippen LogP contribution in [0.1, 0.15) is 60.2 Å². The van der Waals surface area contributed by atoms with Crippen LogP contribution in [-0.4, -0.2) is 40.5 Å². The van der Waals surface area contributed by atoms with Crippen molar-refractivity contribution in [2.75, 3.05) is 29.9 Å². The van der Waals surface area contributed by atoms with Gasteiger partial charge in [-0.15, -0.1) is 11.3 Å². The molecule has 2 N–H and O–H groups in total. The normalized spacial score (nSPS) is 16.7. The van der Waals surface area contributed by atoms with Crippen LogP contribution >= 0.6 is 11.3 Å². The number of rotatable bonds is 5. The lowest BCUT2D eigenvalue weighted by atomic mass is 10.1. The molecule has 2 aliphatic rings. The summed E-state index contributed by atoms with van der Waals surface area (Å²) in [4.78, 5) is 28.5. The van der Waals surface area contributed by atoms with Gasteiger partial charge in [0.05, 0.1) is 12.2 Å². The molecule has 0 aliphatic carbocycles. The van der Waals surface area contributed by atoms with Gasteiger partial charge in [0.25, 0.3) is 5.91 Å². The molecule has 1 saturated heterocycles. The summed E-state index contributed by atoms with van der Waals surface area (Å²) >= 11 is 1.70. The molecule has 0 spiro atoms. The second kappa shape index (κ2) is 7.19. The molecule has 0 saturated carbocycles. The number of carbonyl (C=O) groups is 1. The van der Waals surface area contributed by atoms with Crippen LogP contribution in [-0.2, 0) is 13.0 Å². The topological polar surface area (TPSA) is 83.0 Å². The molecule has 0 unspecified atom stereocenters. The molecule has 8 heteroatoms. The van der Waals surface area contributed by atoms with Crippen molar-refractivity contribution >= 4 is 28.2 Å². The minimum atomic E-state index is -0.108. The number of carbonyl (C=O) groups excluding carboxylic acids is 1. The maximum atomic E-state index is 12.2. The fourth-order valence-corrected chi connectivity index (χ4v) is 4.20. The largest absolute Gasteiger partial charge is 0.364 e. The van der Waals surface area contributed by atoms with Gasteiger partial charge in [-0.3, -0.25) is 4.79 Å². The van der Waals surface area contributed by atoms with Gasteiger partial charge in [0, 0.05) is 36.5 Å². The fourth-order valence-electron chi connectivity index (χ4n) is 3.32. The number of nitrogens with zero attached hydrogens (tertiary/aromatic N) is 4. The smallest absolute Gasteiger partial charge is 0.270 e. The van der Waals surface area contributed by atoms with Gasteiger partial charge in [-0.25, -0.2) is 15.0 Å². The van der Waals surface area contributed by atoms with E-state index in [1.54, 1.807) is 11.3 Å². The molecule has 0 aromatic carbocycles. The lowest BCUT2D eigenvalue weighted by Gasteiger charge is -2.20. The third-order valence-corrected chi connectivity index (χ3v) is 5.72. The van der Waals surface area contributed by atoms with E-state index < -0.39 is 0 Å². The number of anilines is 2. The number of fused-ring (bicyclic) bond motifs is 1. The highest BCUT2D eigenvalue weighted by molar-refractivity contribution is 7.13. The van der Waals surface area contributed by atoms with E-state index in [2.05, 4.69) is 30.9 Å². The Morgan fingerprint density at radius 2 is 2.08 bits per heavy atom. The lowest BCUT2D eigenvalue weighted by Crippen LogP contribution is -2.34. The third kappa shape index (κ3) is 3.38. The van der Waals surface area contributed by atoms with E-state index in [0.717, 1.165) is 41.7 Å². The van der Waals surface area contributed by atoms with Gasteiger partial charge in [-0.1, -0.05) is 13.8 Å². The van der Waals surface area contributed by atoms with Gasteiger partial charge in [0.1, 0.15) is 17.3 Å². The van der Waals surface area contributed by atoms with Crippen LogP contribution in [0.2, 0.25) is 0 Å². The number of thiazole rings is 1. The second-order valence-corrected chi connectivity index (χ2v) is 7.92. The van der Waals surface area contributed by atoms with Gasteiger partial charge in [-0.2, -0.15) is 0 Å². The van der Waals surface area contributed by atoms with Crippen LogP contribution in [0.3, 0.4) is 0 Å². The minimum Gasteiger partial charge on any atom is -0.364 e. The predicted molar refractivity (Wildman–Crippen MR) is 103 cm³/mol. The Hall–Kier alpha value is -2.22. The Labute approximate surface area is 157 Å². The second-order valence-electron chi connectivity index (χ2n) is 7.09. The van der Waals surface area contributed by atoms with Gasteiger partial charge < -0.3 is 15.5 Å². The summed E-state index contributed by atoms with van der Waals surface area (Å²) < 4.78 is 0. The molecule has 7 nitrogen and oxygen atoms in total. The molecule has 26 heavy (non-hydrogen) atoms. The Bertz CT molecular complexity index is 812. The number of nitrogens with one attached hydrogen (secondary N) is 2. The van der Waals surface area contributed by atoms with Crippen molar-refractivity contribution in [3.05, 3.63) is 28.2 Å². The minimum absolute atomic E-state index is 0.108. The number of hydrogen-bond acceptors (Lipinski definition) is 7. The first-order chi connectivity index (χ1) is 12.6. The molecule has 4 heterocycles. The maximum Gasteiger partial charge on any atom is 0.270 e. The van der Waals surface area contributed by atoms with Crippen molar-refractivity contribution in [1.29, 1.82) is 0 Å². The number of aromatic nitrogens is 3. The first-order valence-electron chi connectivity index (χ1n) is 9.24. The van der Waals surface area contributed by atoms with Gasteiger partial charge >= 0.3 is 0 Å². The van der Waals surface area contributed by atoms with E-state index in [4.69, 9.17) is 4.98 Å². The Morgan fingerprint density at radius 3 is 2.85 bits per heavy atom. The summed E-state index contributed by atoms with van der Waals surface area (Å²) in [6.45, 7) is 7.51. The Balaban J connectivity index is 1.55. The van der Waals surface area contributed by atoms with Crippen molar-refractivity contribution in [2.45, 2.75) is 45.6 Å². The number of hydrogen-bond donors (Lipinski definition) is 2.